The lowest BCUT2D eigenvalue weighted by Gasteiger charge is -2.06. The summed E-state index contributed by atoms with van der Waals surface area (Å²) in [7, 11) is -3.95. The van der Waals surface area contributed by atoms with E-state index in [9.17, 15) is 8.42 Å². The van der Waals surface area contributed by atoms with E-state index in [-0.39, 0.29) is 4.90 Å². The number of hydrogen-bond acceptors (Lipinski definition) is 4. The summed E-state index contributed by atoms with van der Waals surface area (Å²) in [5.41, 5.74) is 3.83. The van der Waals surface area contributed by atoms with Gasteiger partial charge >= 0.3 is 10.1 Å². The van der Waals surface area contributed by atoms with E-state index in [1.165, 1.54) is 11.3 Å². The first-order valence-corrected chi connectivity index (χ1v) is 13.3. The van der Waals surface area contributed by atoms with Crippen LogP contribution in [0.5, 0.6) is 5.06 Å². The van der Waals surface area contributed by atoms with Crippen molar-refractivity contribution >= 4 is 59.6 Å². The van der Waals surface area contributed by atoms with Crippen LogP contribution in [0.15, 0.2) is 83.8 Å². The summed E-state index contributed by atoms with van der Waals surface area (Å²) in [4.78, 5) is 1.10. The van der Waals surface area contributed by atoms with Crippen molar-refractivity contribution in [1.29, 1.82) is 0 Å². The van der Waals surface area contributed by atoms with Crippen LogP contribution in [0.2, 0.25) is 0 Å². The number of hydrogen-bond donors (Lipinski definition) is 0. The third-order valence-electron chi connectivity index (χ3n) is 5.39. The molecule has 7 heteroatoms. The Morgan fingerprint density at radius 2 is 1.47 bits per heavy atom. The van der Waals surface area contributed by atoms with Crippen LogP contribution in [0.4, 0.5) is 0 Å². The zero-order valence-corrected chi connectivity index (χ0v) is 21.2. The van der Waals surface area contributed by atoms with Crippen LogP contribution < -0.4 is 8.58 Å². The SMILES string of the molecule is Cc1ccc(S(=O)(=O)Oc2sc3c4ccccc4c(I)c(-c4ccccc4)[n+]3c2C)cc1. The van der Waals surface area contributed by atoms with Crippen molar-refractivity contribution in [3.8, 4) is 16.3 Å². The van der Waals surface area contributed by atoms with E-state index in [4.69, 9.17) is 4.18 Å². The summed E-state index contributed by atoms with van der Waals surface area (Å²) in [6.07, 6.45) is 0. The van der Waals surface area contributed by atoms with Crippen LogP contribution in [0.3, 0.4) is 0 Å². The summed E-state index contributed by atoms with van der Waals surface area (Å²) in [5.74, 6) is 0. The number of halogens is 1. The van der Waals surface area contributed by atoms with Crippen molar-refractivity contribution in [3.63, 3.8) is 0 Å². The van der Waals surface area contributed by atoms with Crippen molar-refractivity contribution in [3.05, 3.63) is 93.7 Å². The molecule has 0 atom stereocenters. The van der Waals surface area contributed by atoms with Gasteiger partial charge in [0.15, 0.2) is 0 Å². The Balaban J connectivity index is 1.77. The maximum Gasteiger partial charge on any atom is 0.340 e. The molecule has 0 saturated carbocycles. The summed E-state index contributed by atoms with van der Waals surface area (Å²) < 4.78 is 34.9. The molecule has 0 aliphatic heterocycles. The van der Waals surface area contributed by atoms with Gasteiger partial charge < -0.3 is 4.18 Å². The Labute approximate surface area is 204 Å². The molecule has 5 rings (SSSR count). The lowest BCUT2D eigenvalue weighted by molar-refractivity contribution is -0.502. The highest BCUT2D eigenvalue weighted by Crippen LogP contribution is 2.38. The van der Waals surface area contributed by atoms with Crippen LogP contribution in [-0.2, 0) is 10.1 Å². The van der Waals surface area contributed by atoms with Crippen molar-refractivity contribution in [2.24, 2.45) is 0 Å². The standard InChI is InChI=1S/C25H19INO3S2/c1-16-12-14-19(15-13-16)32(28,29)30-25-17(2)27-23(18-8-4-3-5-9-18)22(26)20-10-6-7-11-21(20)24(27)31-25/h3-15H,1-2H3/q+1. The Bertz CT molecular complexity index is 1580. The molecule has 0 aliphatic carbocycles. The quantitative estimate of drug-likeness (QED) is 0.144. The zero-order valence-electron chi connectivity index (χ0n) is 17.4. The van der Waals surface area contributed by atoms with Gasteiger partial charge in [0.05, 0.1) is 8.96 Å². The topological polar surface area (TPSA) is 47.5 Å². The number of thiazole rings is 1. The minimum atomic E-state index is -3.95. The number of rotatable bonds is 4. The maximum absolute atomic E-state index is 13.0. The van der Waals surface area contributed by atoms with Gasteiger partial charge in [0.1, 0.15) is 4.90 Å². The molecule has 0 spiro atoms. The maximum atomic E-state index is 13.0. The van der Waals surface area contributed by atoms with E-state index in [2.05, 4.69) is 51.3 Å². The van der Waals surface area contributed by atoms with Gasteiger partial charge in [-0.2, -0.15) is 8.42 Å². The monoisotopic (exact) mass is 572 g/mol. The molecule has 0 bridgehead atoms. The average molecular weight is 572 g/mol. The fraction of sp³-hybridized carbons (Fsp3) is 0.0800. The van der Waals surface area contributed by atoms with E-state index in [0.29, 0.717) is 5.06 Å². The van der Waals surface area contributed by atoms with E-state index in [1.54, 1.807) is 24.3 Å². The largest absolute Gasteiger partial charge is 0.361 e. The first-order valence-electron chi connectivity index (χ1n) is 9.99. The molecule has 5 aromatic rings. The second-order valence-corrected chi connectivity index (χ2v) is 11.1. The van der Waals surface area contributed by atoms with Crippen LogP contribution in [0, 0.1) is 17.4 Å². The van der Waals surface area contributed by atoms with Crippen LogP contribution in [0.1, 0.15) is 11.3 Å². The van der Waals surface area contributed by atoms with Gasteiger partial charge in [-0.25, -0.2) is 0 Å². The van der Waals surface area contributed by atoms with Gasteiger partial charge in [-0.1, -0.05) is 54.1 Å². The molecule has 0 radical (unpaired) electrons. The molecular weight excluding hydrogens is 553 g/mol. The van der Waals surface area contributed by atoms with Gasteiger partial charge in [-0.3, -0.25) is 0 Å². The number of pyridine rings is 1. The van der Waals surface area contributed by atoms with Gasteiger partial charge in [-0.05, 0) is 71.2 Å². The summed E-state index contributed by atoms with van der Waals surface area (Å²) in [6.45, 7) is 3.82. The summed E-state index contributed by atoms with van der Waals surface area (Å²) in [5, 5.41) is 2.56. The fourth-order valence-electron chi connectivity index (χ4n) is 3.76. The predicted molar refractivity (Wildman–Crippen MR) is 137 cm³/mol. The van der Waals surface area contributed by atoms with Crippen molar-refractivity contribution in [2.75, 3.05) is 0 Å². The summed E-state index contributed by atoms with van der Waals surface area (Å²) in [6, 6.07) is 25.0. The third kappa shape index (κ3) is 3.58. The van der Waals surface area contributed by atoms with Crippen LogP contribution in [-0.4, -0.2) is 8.42 Å². The Hall–Kier alpha value is -2.49. The fourth-order valence-corrected chi connectivity index (χ4v) is 7.10. The predicted octanol–water partition coefficient (Wildman–Crippen LogP) is 6.30. The lowest BCUT2D eigenvalue weighted by Crippen LogP contribution is -2.27. The number of nitrogens with zero attached hydrogens (tertiary/aromatic N) is 1. The first-order chi connectivity index (χ1) is 15.4. The molecule has 4 nitrogen and oxygen atoms in total. The van der Waals surface area contributed by atoms with Gasteiger partial charge in [-0.15, -0.1) is 4.40 Å². The Morgan fingerprint density at radius 3 is 2.16 bits per heavy atom. The number of benzene rings is 3. The number of aromatic nitrogens is 1. The molecule has 3 aromatic carbocycles. The second kappa shape index (κ2) is 8.13. The molecule has 0 N–H and O–H groups in total. The average Bonchev–Trinajstić information content (AvgIpc) is 3.11. The van der Waals surface area contributed by atoms with Gasteiger partial charge in [0.2, 0.25) is 11.4 Å². The van der Waals surface area contributed by atoms with Crippen molar-refractivity contribution < 1.29 is 17.0 Å². The molecule has 160 valence electrons. The Kier molecular flexibility index (Phi) is 5.43. The van der Waals surface area contributed by atoms with Crippen LogP contribution >= 0.6 is 33.9 Å². The summed E-state index contributed by atoms with van der Waals surface area (Å²) >= 11 is 3.74. The Morgan fingerprint density at radius 1 is 0.844 bits per heavy atom. The molecular formula is C25H19INO3S2+. The molecule has 0 aliphatic rings. The molecule has 2 aromatic heterocycles. The van der Waals surface area contributed by atoms with Gasteiger partial charge in [0.25, 0.3) is 9.89 Å². The molecule has 0 fully saturated rings. The minimum absolute atomic E-state index is 0.146. The van der Waals surface area contributed by atoms with E-state index in [1.807, 2.05) is 44.2 Å². The molecule has 0 amide bonds. The second-order valence-electron chi connectivity index (χ2n) is 7.54. The van der Waals surface area contributed by atoms with E-state index >= 15 is 0 Å². The molecule has 32 heavy (non-hydrogen) atoms. The third-order valence-corrected chi connectivity index (χ3v) is 8.98. The first kappa shape index (κ1) is 21.4. The molecule has 2 heterocycles. The van der Waals surface area contributed by atoms with Crippen molar-refractivity contribution in [2.45, 2.75) is 18.7 Å². The van der Waals surface area contributed by atoms with E-state index in [0.717, 1.165) is 41.7 Å². The van der Waals surface area contributed by atoms with E-state index < -0.39 is 10.1 Å². The van der Waals surface area contributed by atoms with Crippen LogP contribution in [0.25, 0.3) is 26.9 Å². The highest BCUT2D eigenvalue weighted by atomic mass is 127. The van der Waals surface area contributed by atoms with Crippen molar-refractivity contribution in [1.82, 2.24) is 0 Å². The molecule has 0 saturated heterocycles. The number of fused-ring (bicyclic) bond motifs is 3. The smallest absolute Gasteiger partial charge is 0.340 e. The minimum Gasteiger partial charge on any atom is -0.361 e. The highest BCUT2D eigenvalue weighted by Gasteiger charge is 2.31. The number of aryl methyl sites for hydroxylation is 2. The van der Waals surface area contributed by atoms with Gasteiger partial charge in [0, 0.05) is 17.9 Å². The lowest BCUT2D eigenvalue weighted by atomic mass is 10.1. The zero-order chi connectivity index (χ0) is 22.5. The molecule has 0 unspecified atom stereocenters. The highest BCUT2D eigenvalue weighted by molar-refractivity contribution is 14.1. The normalized spacial score (nSPS) is 11.8.